The third-order valence-corrected chi connectivity index (χ3v) is 8.81. The molecule has 48 heavy (non-hydrogen) atoms. The zero-order valence-electron chi connectivity index (χ0n) is 26.2. The number of hydrogen-bond acceptors (Lipinski definition) is 7. The molecule has 2 aliphatic heterocycles. The number of ether oxygens (including phenoxy) is 1. The van der Waals surface area contributed by atoms with Crippen LogP contribution >= 0.6 is 11.6 Å². The molecule has 1 unspecified atom stereocenters. The molecule has 0 aliphatic carbocycles. The van der Waals surface area contributed by atoms with Crippen molar-refractivity contribution in [2.45, 2.75) is 38.4 Å². The van der Waals surface area contributed by atoms with Gasteiger partial charge in [0, 0.05) is 37.5 Å². The Morgan fingerprint density at radius 3 is 2.17 bits per heavy atom. The summed E-state index contributed by atoms with van der Waals surface area (Å²) in [7, 11) is 0. The van der Waals surface area contributed by atoms with Crippen LogP contribution in [-0.4, -0.2) is 57.9 Å². The fourth-order valence-electron chi connectivity index (χ4n) is 6.24. The second kappa shape index (κ2) is 14.8. The largest absolute Gasteiger partial charge is 0.508 e. The molecular formula is C38H36ClN3O6. The van der Waals surface area contributed by atoms with Crippen LogP contribution < -0.4 is 15.4 Å². The number of carbonyl (C=O) groups excluding carboxylic acids is 3. The Balaban J connectivity index is 1.07. The number of alkyl halides is 1. The molecule has 1 saturated heterocycles. The van der Waals surface area contributed by atoms with Gasteiger partial charge >= 0.3 is 0 Å². The number of hydrogen-bond donors (Lipinski definition) is 4. The standard InChI is InChI=1S/C38H36ClN3O6/c39-18-17-32(25-2-8-29(43)9-3-25)36(26-4-10-30(44)11-5-26)27-6-12-31(13-7-27)48-20-19-40-22-24-1-14-33-28(21-24)23-42(38(33)47)34-15-16-35(45)41-37(34)46/h1-14,21,34,40,43-44H,15-20,22-23H2,(H,41,45,46). The molecule has 2 heterocycles. The lowest BCUT2D eigenvalue weighted by Gasteiger charge is -2.29. The average molecular weight is 666 g/mol. The van der Waals surface area contributed by atoms with Gasteiger partial charge in [-0.1, -0.05) is 48.5 Å². The van der Waals surface area contributed by atoms with Crippen molar-refractivity contribution in [1.29, 1.82) is 0 Å². The molecule has 246 valence electrons. The molecule has 0 bridgehead atoms. The van der Waals surface area contributed by atoms with Crippen molar-refractivity contribution in [2.75, 3.05) is 19.0 Å². The monoisotopic (exact) mass is 665 g/mol. The van der Waals surface area contributed by atoms with Gasteiger partial charge < -0.3 is 25.2 Å². The number of phenolic OH excluding ortho intramolecular Hbond substituents is 2. The van der Waals surface area contributed by atoms with Crippen molar-refractivity contribution >= 4 is 40.5 Å². The Hall–Kier alpha value is -5.12. The third-order valence-electron chi connectivity index (χ3n) is 8.63. The summed E-state index contributed by atoms with van der Waals surface area (Å²) in [4.78, 5) is 38.4. The third kappa shape index (κ3) is 7.38. The number of halogens is 1. The van der Waals surface area contributed by atoms with Crippen molar-refractivity contribution < 1.29 is 29.3 Å². The van der Waals surface area contributed by atoms with E-state index in [4.69, 9.17) is 16.3 Å². The minimum Gasteiger partial charge on any atom is -0.508 e. The number of imide groups is 1. The number of amides is 3. The molecular weight excluding hydrogens is 630 g/mol. The Morgan fingerprint density at radius 2 is 1.52 bits per heavy atom. The number of carbonyl (C=O) groups is 3. The molecule has 9 nitrogen and oxygen atoms in total. The zero-order chi connectivity index (χ0) is 33.6. The Bertz CT molecular complexity index is 1840. The van der Waals surface area contributed by atoms with E-state index in [1.54, 1.807) is 35.2 Å². The highest BCUT2D eigenvalue weighted by atomic mass is 35.5. The minimum absolute atomic E-state index is 0.181. The molecule has 2 aliphatic rings. The Kier molecular flexibility index (Phi) is 10.1. The summed E-state index contributed by atoms with van der Waals surface area (Å²) in [6.45, 7) is 1.97. The first-order chi connectivity index (χ1) is 23.3. The van der Waals surface area contributed by atoms with Crippen LogP contribution in [0.2, 0.25) is 0 Å². The van der Waals surface area contributed by atoms with E-state index in [0.717, 1.165) is 44.7 Å². The van der Waals surface area contributed by atoms with Crippen LogP contribution in [0.15, 0.2) is 91.0 Å². The SMILES string of the molecule is O=C1CCC(N2Cc3cc(CNCCOc4ccc(C(=C(CCCl)c5ccc(O)cc5)c5ccc(O)cc5)cc4)ccc3C2=O)C(=O)N1. The van der Waals surface area contributed by atoms with Gasteiger partial charge in [-0.05, 0) is 94.3 Å². The summed E-state index contributed by atoms with van der Waals surface area (Å²) in [6, 6.07) is 27.1. The van der Waals surface area contributed by atoms with E-state index in [0.29, 0.717) is 50.5 Å². The van der Waals surface area contributed by atoms with Crippen LogP contribution in [0.3, 0.4) is 0 Å². The summed E-state index contributed by atoms with van der Waals surface area (Å²) in [5.74, 6) is 0.609. The summed E-state index contributed by atoms with van der Waals surface area (Å²) >= 11 is 6.26. The number of allylic oxidation sites excluding steroid dienone is 1. The van der Waals surface area contributed by atoms with Crippen LogP contribution in [0, 0.1) is 0 Å². The summed E-state index contributed by atoms with van der Waals surface area (Å²) in [5, 5.41) is 25.5. The van der Waals surface area contributed by atoms with Crippen molar-refractivity contribution in [2.24, 2.45) is 0 Å². The number of benzene rings is 4. The fourth-order valence-corrected chi connectivity index (χ4v) is 6.43. The van der Waals surface area contributed by atoms with Crippen molar-refractivity contribution in [1.82, 2.24) is 15.5 Å². The second-order valence-electron chi connectivity index (χ2n) is 11.8. The lowest BCUT2D eigenvalue weighted by molar-refractivity contribution is -0.136. The first-order valence-electron chi connectivity index (χ1n) is 15.9. The lowest BCUT2D eigenvalue weighted by atomic mass is 9.88. The first kappa shape index (κ1) is 32.8. The Morgan fingerprint density at radius 1 is 0.875 bits per heavy atom. The van der Waals surface area contributed by atoms with E-state index < -0.39 is 11.9 Å². The van der Waals surface area contributed by atoms with Gasteiger partial charge in [0.25, 0.3) is 5.91 Å². The fraction of sp³-hybridized carbons (Fsp3) is 0.237. The first-order valence-corrected chi connectivity index (χ1v) is 16.4. The van der Waals surface area contributed by atoms with Gasteiger partial charge in [-0.3, -0.25) is 19.7 Å². The predicted molar refractivity (Wildman–Crippen MR) is 184 cm³/mol. The normalized spacial score (nSPS) is 16.4. The number of piperidine rings is 1. The zero-order valence-corrected chi connectivity index (χ0v) is 27.0. The van der Waals surface area contributed by atoms with Gasteiger partial charge in [-0.15, -0.1) is 11.6 Å². The highest BCUT2D eigenvalue weighted by Gasteiger charge is 2.39. The second-order valence-corrected chi connectivity index (χ2v) is 12.2. The molecule has 1 atom stereocenters. The highest BCUT2D eigenvalue weighted by molar-refractivity contribution is 6.18. The Labute approximate surface area is 283 Å². The molecule has 4 aromatic rings. The van der Waals surface area contributed by atoms with Crippen LogP contribution in [0.1, 0.15) is 57.4 Å². The average Bonchev–Trinajstić information content (AvgIpc) is 3.41. The van der Waals surface area contributed by atoms with Crippen molar-refractivity contribution in [3.8, 4) is 17.2 Å². The molecule has 0 aromatic heterocycles. The van der Waals surface area contributed by atoms with E-state index >= 15 is 0 Å². The molecule has 10 heteroatoms. The van der Waals surface area contributed by atoms with Gasteiger partial charge in [0.15, 0.2) is 0 Å². The van der Waals surface area contributed by atoms with Gasteiger partial charge in [0.2, 0.25) is 11.8 Å². The predicted octanol–water partition coefficient (Wildman–Crippen LogP) is 5.62. The van der Waals surface area contributed by atoms with Crippen LogP contribution in [0.5, 0.6) is 17.2 Å². The van der Waals surface area contributed by atoms with E-state index in [1.165, 1.54) is 0 Å². The maximum Gasteiger partial charge on any atom is 0.255 e. The summed E-state index contributed by atoms with van der Waals surface area (Å²) in [5.41, 5.74) is 7.33. The van der Waals surface area contributed by atoms with Crippen LogP contribution in [0.4, 0.5) is 0 Å². The number of nitrogens with one attached hydrogen (secondary N) is 2. The number of phenols is 2. The summed E-state index contributed by atoms with van der Waals surface area (Å²) in [6.07, 6.45) is 1.17. The van der Waals surface area contributed by atoms with Crippen LogP contribution in [-0.2, 0) is 22.7 Å². The number of aromatic hydroxyl groups is 2. The number of nitrogens with zero attached hydrogens (tertiary/aromatic N) is 1. The van der Waals surface area contributed by atoms with E-state index in [-0.39, 0.29) is 29.7 Å². The molecule has 3 amide bonds. The van der Waals surface area contributed by atoms with E-state index in [9.17, 15) is 24.6 Å². The van der Waals surface area contributed by atoms with Crippen LogP contribution in [0.25, 0.3) is 11.1 Å². The minimum atomic E-state index is -0.627. The number of rotatable bonds is 12. The molecule has 4 N–H and O–H groups in total. The molecule has 4 aromatic carbocycles. The lowest BCUT2D eigenvalue weighted by Crippen LogP contribution is -2.52. The van der Waals surface area contributed by atoms with Gasteiger partial charge in [-0.25, -0.2) is 0 Å². The number of fused-ring (bicyclic) bond motifs is 1. The molecule has 0 radical (unpaired) electrons. The van der Waals surface area contributed by atoms with Gasteiger partial charge in [0.1, 0.15) is 29.9 Å². The molecule has 0 saturated carbocycles. The van der Waals surface area contributed by atoms with Gasteiger partial charge in [0.05, 0.1) is 0 Å². The summed E-state index contributed by atoms with van der Waals surface area (Å²) < 4.78 is 6.02. The quantitative estimate of drug-likeness (QED) is 0.0670. The maximum atomic E-state index is 13.0. The topological polar surface area (TPSA) is 128 Å². The molecule has 0 spiro atoms. The van der Waals surface area contributed by atoms with Crippen molar-refractivity contribution in [3.05, 3.63) is 124 Å². The molecule has 1 fully saturated rings. The maximum absolute atomic E-state index is 13.0. The van der Waals surface area contributed by atoms with E-state index in [1.807, 2.05) is 60.7 Å². The molecule has 6 rings (SSSR count). The highest BCUT2D eigenvalue weighted by Crippen LogP contribution is 2.36. The van der Waals surface area contributed by atoms with Gasteiger partial charge in [-0.2, -0.15) is 0 Å². The van der Waals surface area contributed by atoms with Crippen molar-refractivity contribution in [3.63, 3.8) is 0 Å². The van der Waals surface area contributed by atoms with E-state index in [2.05, 4.69) is 10.6 Å². The smallest absolute Gasteiger partial charge is 0.255 e.